The van der Waals surface area contributed by atoms with Crippen LogP contribution in [0.5, 0.6) is 0 Å². The van der Waals surface area contributed by atoms with Crippen LogP contribution in [0.1, 0.15) is 12.8 Å². The second-order valence-electron chi connectivity index (χ2n) is 6.43. The molecule has 0 aromatic rings. The summed E-state index contributed by atoms with van der Waals surface area (Å²) >= 11 is 0. The van der Waals surface area contributed by atoms with Crippen molar-refractivity contribution in [2.75, 3.05) is 5.75 Å². The smallest absolute Gasteiger partial charge is 0.234 e. The van der Waals surface area contributed by atoms with Crippen molar-refractivity contribution < 1.29 is 78.3 Å². The van der Waals surface area contributed by atoms with Crippen LogP contribution in [-0.2, 0) is 19.7 Å². The molecule has 1 aliphatic rings. The maximum atomic E-state index is 14.2. The van der Waals surface area contributed by atoms with Gasteiger partial charge in [-0.25, -0.2) is 38.8 Å². The molecule has 0 radical (unpaired) electrons. The summed E-state index contributed by atoms with van der Waals surface area (Å²) in [5, 5.41) is -4.90. The molecule has 0 heterocycles. The molecule has 0 aliphatic heterocycles. The predicted octanol–water partition coefficient (Wildman–Crippen LogP) is 5.52. The molecular weight excluding hydrogens is 562 g/mol. The molecular formula is C14H8F14O4S2. The van der Waals surface area contributed by atoms with Gasteiger partial charge < -0.3 is 0 Å². The van der Waals surface area contributed by atoms with Crippen molar-refractivity contribution in [3.05, 3.63) is 33.1 Å². The standard InChI is InChI=1S/C14H8F14O4S2/c15-6-5(7(16)9(18)10(19)8(6)17)11(33(29,30)2-1-12(20,21)22)34(31,32)4(14(26,27)28)3-13(23,24)25/h4,6H,1-3H2/b11-5+. The van der Waals surface area contributed by atoms with Crippen molar-refractivity contribution in [1.29, 1.82) is 0 Å². The highest BCUT2D eigenvalue weighted by Gasteiger charge is 2.58. The van der Waals surface area contributed by atoms with E-state index in [2.05, 4.69) is 0 Å². The van der Waals surface area contributed by atoms with Crippen LogP contribution in [0.4, 0.5) is 61.5 Å². The number of hydrogen-bond acceptors (Lipinski definition) is 4. The quantitative estimate of drug-likeness (QED) is 0.395. The van der Waals surface area contributed by atoms with Gasteiger partial charge in [0, 0.05) is 0 Å². The lowest BCUT2D eigenvalue weighted by atomic mass is 10.0. The largest absolute Gasteiger partial charge is 0.406 e. The van der Waals surface area contributed by atoms with Gasteiger partial charge in [0.05, 0.1) is 24.2 Å². The van der Waals surface area contributed by atoms with Crippen LogP contribution < -0.4 is 0 Å². The number of sulfone groups is 2. The topological polar surface area (TPSA) is 68.3 Å². The molecule has 2 unspecified atom stereocenters. The molecule has 0 fully saturated rings. The fourth-order valence-electron chi connectivity index (χ4n) is 2.44. The van der Waals surface area contributed by atoms with E-state index in [9.17, 15) is 78.3 Å². The van der Waals surface area contributed by atoms with E-state index >= 15 is 0 Å². The molecule has 0 saturated carbocycles. The van der Waals surface area contributed by atoms with Crippen LogP contribution >= 0.6 is 0 Å². The lowest BCUT2D eigenvalue weighted by Crippen LogP contribution is -2.43. The summed E-state index contributed by atoms with van der Waals surface area (Å²) in [6, 6.07) is 0. The van der Waals surface area contributed by atoms with Crippen molar-refractivity contribution in [1.82, 2.24) is 0 Å². The fraction of sp³-hybridized carbons (Fsp3) is 0.571. The summed E-state index contributed by atoms with van der Waals surface area (Å²) < 4.78 is 229. The molecule has 0 bridgehead atoms. The summed E-state index contributed by atoms with van der Waals surface area (Å²) in [5.41, 5.74) is -3.09. The Morgan fingerprint density at radius 1 is 0.765 bits per heavy atom. The van der Waals surface area contributed by atoms with Crippen molar-refractivity contribution in [3.8, 4) is 0 Å². The van der Waals surface area contributed by atoms with Gasteiger partial charge in [-0.05, 0) is 0 Å². The van der Waals surface area contributed by atoms with Crippen molar-refractivity contribution in [3.63, 3.8) is 0 Å². The molecule has 20 heteroatoms. The van der Waals surface area contributed by atoms with Gasteiger partial charge in [0.25, 0.3) is 0 Å². The second kappa shape index (κ2) is 9.30. The Kier molecular flexibility index (Phi) is 8.26. The van der Waals surface area contributed by atoms with Crippen LogP contribution in [0.3, 0.4) is 0 Å². The summed E-state index contributed by atoms with van der Waals surface area (Å²) in [5.74, 6) is -15.3. The van der Waals surface area contributed by atoms with Crippen LogP contribution in [0.25, 0.3) is 0 Å². The van der Waals surface area contributed by atoms with E-state index in [0.717, 1.165) is 0 Å². The zero-order valence-electron chi connectivity index (χ0n) is 15.5. The van der Waals surface area contributed by atoms with Crippen molar-refractivity contribution >= 4 is 19.7 Å². The van der Waals surface area contributed by atoms with E-state index in [1.54, 1.807) is 0 Å². The lowest BCUT2D eigenvalue weighted by Gasteiger charge is -2.26. The number of alkyl halides is 10. The Morgan fingerprint density at radius 2 is 1.24 bits per heavy atom. The number of rotatable bonds is 6. The Morgan fingerprint density at radius 3 is 1.62 bits per heavy atom. The second-order valence-corrected chi connectivity index (χ2v) is 10.8. The van der Waals surface area contributed by atoms with Crippen molar-refractivity contribution in [2.24, 2.45) is 0 Å². The average Bonchev–Trinajstić information content (AvgIpc) is 2.62. The van der Waals surface area contributed by atoms with Crippen LogP contribution in [0, 0.1) is 0 Å². The van der Waals surface area contributed by atoms with E-state index < -0.39 is 101 Å². The highest BCUT2D eigenvalue weighted by molar-refractivity contribution is 8.14. The highest BCUT2D eigenvalue weighted by atomic mass is 32.3. The molecule has 0 aromatic carbocycles. The first kappa shape index (κ1) is 30.2. The van der Waals surface area contributed by atoms with E-state index in [-0.39, 0.29) is 0 Å². The first-order valence-corrected chi connectivity index (χ1v) is 11.2. The third kappa shape index (κ3) is 6.63. The molecule has 0 N–H and O–H groups in total. The minimum absolute atomic E-state index is 2.62. The van der Waals surface area contributed by atoms with E-state index in [1.165, 1.54) is 0 Å². The number of allylic oxidation sites excluding steroid dienone is 5. The zero-order chi connectivity index (χ0) is 27.2. The maximum absolute atomic E-state index is 14.2. The zero-order valence-corrected chi connectivity index (χ0v) is 17.2. The van der Waals surface area contributed by atoms with Gasteiger partial charge >= 0.3 is 18.5 Å². The summed E-state index contributed by atoms with van der Waals surface area (Å²) in [6.07, 6.45) is -28.6. The third-order valence-corrected chi connectivity index (χ3v) is 8.78. The van der Waals surface area contributed by atoms with Crippen LogP contribution in [-0.4, -0.2) is 52.5 Å². The molecule has 34 heavy (non-hydrogen) atoms. The third-order valence-electron chi connectivity index (χ3n) is 3.88. The predicted molar refractivity (Wildman–Crippen MR) is 84.3 cm³/mol. The van der Waals surface area contributed by atoms with Gasteiger partial charge in [-0.2, -0.15) is 39.5 Å². The molecule has 2 atom stereocenters. The summed E-state index contributed by atoms with van der Waals surface area (Å²) in [7, 11) is -13.9. The van der Waals surface area contributed by atoms with Gasteiger partial charge in [-0.15, -0.1) is 0 Å². The Hall–Kier alpha value is -1.86. The number of hydrogen-bond donors (Lipinski definition) is 0. The monoisotopic (exact) mass is 570 g/mol. The molecule has 0 spiro atoms. The lowest BCUT2D eigenvalue weighted by molar-refractivity contribution is -0.179. The first-order valence-electron chi connectivity index (χ1n) is 8.01. The van der Waals surface area contributed by atoms with Crippen molar-refractivity contribution in [2.45, 2.75) is 42.8 Å². The van der Waals surface area contributed by atoms with Crippen LogP contribution in [0.15, 0.2) is 33.1 Å². The Bertz CT molecular complexity index is 1120. The Balaban J connectivity index is 4.15. The molecule has 0 aromatic heterocycles. The van der Waals surface area contributed by atoms with Gasteiger partial charge in [0.2, 0.25) is 9.84 Å². The minimum Gasteiger partial charge on any atom is -0.234 e. The molecule has 1 aliphatic carbocycles. The molecule has 0 amide bonds. The molecule has 1 rings (SSSR count). The molecule has 0 saturated heterocycles. The normalized spacial score (nSPS) is 21.8. The Labute approximate surface area is 180 Å². The molecule has 198 valence electrons. The average molecular weight is 570 g/mol. The maximum Gasteiger partial charge on any atom is 0.406 e. The SMILES string of the molecule is O=S(=O)(CCC(F)(F)F)/C(=C1\C(F)=C(F)C(F)=C(F)C1F)S(=O)(=O)C(CC(F)(F)F)C(F)(F)F. The van der Waals surface area contributed by atoms with E-state index in [0.29, 0.717) is 0 Å². The van der Waals surface area contributed by atoms with Gasteiger partial charge in [0.15, 0.2) is 48.8 Å². The summed E-state index contributed by atoms with van der Waals surface area (Å²) in [6.45, 7) is 0. The van der Waals surface area contributed by atoms with Gasteiger partial charge in [0.1, 0.15) is 0 Å². The van der Waals surface area contributed by atoms with Crippen LogP contribution in [0.2, 0.25) is 0 Å². The summed E-state index contributed by atoms with van der Waals surface area (Å²) in [4.78, 5) is 0. The van der Waals surface area contributed by atoms with E-state index in [1.807, 2.05) is 0 Å². The van der Waals surface area contributed by atoms with Gasteiger partial charge in [-0.1, -0.05) is 0 Å². The van der Waals surface area contributed by atoms with Gasteiger partial charge in [-0.3, -0.25) is 0 Å². The fourth-order valence-corrected chi connectivity index (χ4v) is 7.19. The minimum atomic E-state index is -7.32. The highest BCUT2D eigenvalue weighted by Crippen LogP contribution is 2.46. The molecule has 4 nitrogen and oxygen atoms in total. The first-order chi connectivity index (χ1) is 14.8. The van der Waals surface area contributed by atoms with E-state index in [4.69, 9.17) is 0 Å². The number of halogens is 14.